The normalized spacial score (nSPS) is 17.9. The van der Waals surface area contributed by atoms with E-state index in [1.165, 1.54) is 11.1 Å². The molecular weight excluding hydrogens is 535 g/mol. The maximum absolute atomic E-state index is 14.2. The zero-order valence-corrected chi connectivity index (χ0v) is 21.3. The predicted molar refractivity (Wildman–Crippen MR) is 138 cm³/mol. The van der Waals surface area contributed by atoms with Crippen LogP contribution in [0.2, 0.25) is 0 Å². The lowest BCUT2D eigenvalue weighted by Crippen LogP contribution is -2.58. The maximum atomic E-state index is 14.2. The first-order chi connectivity index (χ1) is 19.4. The van der Waals surface area contributed by atoms with E-state index in [0.717, 1.165) is 5.56 Å². The van der Waals surface area contributed by atoms with Gasteiger partial charge in [-0.15, -0.1) is 0 Å². The highest BCUT2D eigenvalue weighted by Gasteiger charge is 2.64. The number of nitrogens with one attached hydrogen (secondary N) is 3. The quantitative estimate of drug-likeness (QED) is 0.326. The second-order valence-corrected chi connectivity index (χ2v) is 9.70. The van der Waals surface area contributed by atoms with E-state index >= 15 is 0 Å². The minimum atomic E-state index is -6.16. The van der Waals surface area contributed by atoms with Crippen LogP contribution < -0.4 is 10.6 Å². The number of fused-ring (bicyclic) bond motifs is 1. The molecule has 0 spiro atoms. The van der Waals surface area contributed by atoms with Crippen molar-refractivity contribution >= 4 is 28.5 Å². The molecule has 0 radical (unpaired) electrons. The summed E-state index contributed by atoms with van der Waals surface area (Å²) in [5.41, 5.74) is 1.63. The molecule has 1 aliphatic rings. The average molecular weight is 566 g/mol. The number of nitrogens with zero attached hydrogens (tertiary/aromatic N) is 1. The first kappa shape index (κ1) is 27.8. The van der Waals surface area contributed by atoms with Crippen LogP contribution in [0.25, 0.3) is 10.9 Å². The fraction of sp³-hybridized carbons (Fsp3) is 0.393. The molecule has 1 aromatic heterocycles. The number of rotatable bonds is 10. The van der Waals surface area contributed by atoms with Crippen LogP contribution >= 0.6 is 0 Å². The third-order valence-electron chi connectivity index (χ3n) is 7.06. The van der Waals surface area contributed by atoms with Gasteiger partial charge < -0.3 is 20.5 Å². The van der Waals surface area contributed by atoms with Crippen molar-refractivity contribution in [3.05, 3.63) is 71.9 Å². The molecule has 3 atom stereocenters. The van der Waals surface area contributed by atoms with Gasteiger partial charge in [-0.2, -0.15) is 22.0 Å². The number of likely N-dealkylation sites (tertiary alicyclic amines) is 1. The standard InChI is InChI=1S/C28H29F5N4O3/c1-34-22(14-17-8-3-2-4-9-17)26(40)37-13-7-12-23(37)25(39)36-21(24(38)27(29,30)28(31,32)33)15-18-16-35-20-11-6-5-10-19(18)20/h2-6,8-11,16,21-23,34-35H,7,12-15H2,1H3,(H,36,39)/t21?,22-,23-/m0/s1/i1D. The largest absolute Gasteiger partial charge is 0.461 e. The zero-order chi connectivity index (χ0) is 29.8. The summed E-state index contributed by atoms with van der Waals surface area (Å²) in [7, 11) is -0.290. The van der Waals surface area contributed by atoms with Crippen LogP contribution in [0.3, 0.4) is 0 Å². The van der Waals surface area contributed by atoms with Gasteiger partial charge in [0.05, 0.1) is 12.1 Å². The second-order valence-electron chi connectivity index (χ2n) is 9.70. The smallest absolute Gasteiger partial charge is 0.361 e. The maximum Gasteiger partial charge on any atom is 0.461 e. The Kier molecular flexibility index (Phi) is 8.15. The summed E-state index contributed by atoms with van der Waals surface area (Å²) in [5.74, 6) is -9.71. The number of para-hydroxylation sites is 1. The molecule has 3 N–H and O–H groups in total. The van der Waals surface area contributed by atoms with Crippen molar-refractivity contribution in [2.45, 2.75) is 55.9 Å². The van der Waals surface area contributed by atoms with Gasteiger partial charge >= 0.3 is 12.1 Å². The molecule has 0 bridgehead atoms. The van der Waals surface area contributed by atoms with Crippen LogP contribution in [0.5, 0.6) is 0 Å². The Morgan fingerprint density at radius 3 is 2.42 bits per heavy atom. The number of H-pyrrole nitrogens is 1. The van der Waals surface area contributed by atoms with Crippen molar-refractivity contribution in [3.63, 3.8) is 0 Å². The van der Waals surface area contributed by atoms with Gasteiger partial charge in [0.25, 0.3) is 0 Å². The summed E-state index contributed by atoms with van der Waals surface area (Å²) in [5, 5.41) is 5.38. The van der Waals surface area contributed by atoms with Crippen molar-refractivity contribution in [1.82, 2.24) is 20.5 Å². The Hall–Kier alpha value is -3.80. The summed E-state index contributed by atoms with van der Waals surface area (Å²) >= 11 is 0. The summed E-state index contributed by atoms with van der Waals surface area (Å²) in [4.78, 5) is 43.5. The Labute approximate surface area is 228 Å². The molecule has 7 nitrogen and oxygen atoms in total. The fourth-order valence-electron chi connectivity index (χ4n) is 4.96. The number of halogens is 5. The van der Waals surface area contributed by atoms with Crippen LogP contribution in [-0.2, 0) is 27.2 Å². The molecule has 2 aromatic carbocycles. The Morgan fingerprint density at radius 2 is 1.73 bits per heavy atom. The summed E-state index contributed by atoms with van der Waals surface area (Å²) in [6.45, 7) is 0.141. The summed E-state index contributed by atoms with van der Waals surface area (Å²) in [6, 6.07) is 11.3. The first-order valence-electron chi connectivity index (χ1n) is 13.4. The molecule has 4 rings (SSSR count). The number of alkyl halides is 5. The first-order valence-corrected chi connectivity index (χ1v) is 12.6. The molecule has 1 fully saturated rings. The van der Waals surface area contributed by atoms with Gasteiger partial charge in [0.15, 0.2) is 0 Å². The predicted octanol–water partition coefficient (Wildman–Crippen LogP) is 3.78. The molecule has 1 aliphatic heterocycles. The highest BCUT2D eigenvalue weighted by atomic mass is 19.4. The Morgan fingerprint density at radius 1 is 1.02 bits per heavy atom. The molecule has 0 aliphatic carbocycles. The molecule has 40 heavy (non-hydrogen) atoms. The van der Waals surface area contributed by atoms with Crippen molar-refractivity contribution in [2.75, 3.05) is 13.6 Å². The molecular formula is C28H29F5N4O3. The van der Waals surface area contributed by atoms with Crippen LogP contribution in [0.1, 0.15) is 25.3 Å². The lowest BCUT2D eigenvalue weighted by Gasteiger charge is -2.30. The number of hydrogen-bond donors (Lipinski definition) is 3. The van der Waals surface area contributed by atoms with Gasteiger partial charge in [-0.1, -0.05) is 48.5 Å². The second kappa shape index (κ2) is 11.7. The Bertz CT molecular complexity index is 1380. The topological polar surface area (TPSA) is 94.3 Å². The monoisotopic (exact) mass is 565 g/mol. The van der Waals surface area contributed by atoms with Crippen molar-refractivity contribution in [1.29, 1.82) is 0 Å². The number of carbonyl (C=O) groups is 3. The van der Waals surface area contributed by atoms with E-state index in [2.05, 4.69) is 15.6 Å². The van der Waals surface area contributed by atoms with E-state index in [9.17, 15) is 36.3 Å². The molecule has 1 unspecified atom stereocenters. The number of hydrogen-bond acceptors (Lipinski definition) is 4. The third-order valence-corrected chi connectivity index (χ3v) is 7.06. The Balaban J connectivity index is 1.57. The van der Waals surface area contributed by atoms with Crippen LogP contribution in [0, 0.1) is 0 Å². The third kappa shape index (κ3) is 6.01. The van der Waals surface area contributed by atoms with Crippen molar-refractivity contribution < 1.29 is 37.7 Å². The molecule has 2 heterocycles. The van der Waals surface area contributed by atoms with E-state index in [0.29, 0.717) is 17.3 Å². The number of likely N-dealkylation sites (N-methyl/N-ethyl adjacent to an activating group) is 1. The lowest BCUT2D eigenvalue weighted by atomic mass is 9.97. The number of Topliss-reactive ketones (excluding diaryl/α,β-unsaturated/α-hetero) is 1. The lowest BCUT2D eigenvalue weighted by molar-refractivity contribution is -0.269. The molecule has 214 valence electrons. The van der Waals surface area contributed by atoms with Crippen LogP contribution in [0.4, 0.5) is 22.0 Å². The number of amides is 2. The van der Waals surface area contributed by atoms with Gasteiger partial charge in [0, 0.05) is 31.4 Å². The number of benzene rings is 2. The number of aromatic nitrogens is 1. The van der Waals surface area contributed by atoms with E-state index in [-0.39, 0.29) is 32.0 Å². The molecule has 0 saturated carbocycles. The van der Waals surface area contributed by atoms with E-state index in [4.69, 9.17) is 1.37 Å². The van der Waals surface area contributed by atoms with Gasteiger partial charge in [-0.05, 0) is 43.5 Å². The molecule has 3 aromatic rings. The van der Waals surface area contributed by atoms with Crippen LogP contribution in [0.15, 0.2) is 60.8 Å². The summed E-state index contributed by atoms with van der Waals surface area (Å²) < 4.78 is 75.5. The highest BCUT2D eigenvalue weighted by molar-refractivity contribution is 5.97. The fourth-order valence-corrected chi connectivity index (χ4v) is 4.96. The molecule has 12 heteroatoms. The average Bonchev–Trinajstić information content (AvgIpc) is 3.59. The molecule has 1 saturated heterocycles. The molecule has 2 amide bonds. The number of ketones is 1. The minimum Gasteiger partial charge on any atom is -0.361 e. The van der Waals surface area contributed by atoms with E-state index in [1.807, 2.05) is 0 Å². The van der Waals surface area contributed by atoms with Crippen molar-refractivity contribution in [2.24, 2.45) is 0 Å². The number of carbonyl (C=O) groups excluding carboxylic acids is 3. The highest BCUT2D eigenvalue weighted by Crippen LogP contribution is 2.37. The van der Waals surface area contributed by atoms with Crippen LogP contribution in [-0.4, -0.2) is 71.3 Å². The van der Waals surface area contributed by atoms with Gasteiger partial charge in [-0.3, -0.25) is 14.4 Å². The van der Waals surface area contributed by atoms with Crippen molar-refractivity contribution in [3.8, 4) is 0 Å². The zero-order valence-electron chi connectivity index (χ0n) is 22.3. The summed E-state index contributed by atoms with van der Waals surface area (Å²) in [6.07, 6.45) is -4.69. The van der Waals surface area contributed by atoms with E-state index in [1.54, 1.807) is 54.6 Å². The van der Waals surface area contributed by atoms with Gasteiger partial charge in [0.2, 0.25) is 17.6 Å². The number of aromatic amines is 1. The minimum absolute atomic E-state index is 0.125. The van der Waals surface area contributed by atoms with E-state index < -0.39 is 54.2 Å². The van der Waals surface area contributed by atoms with Gasteiger partial charge in [-0.25, -0.2) is 0 Å². The van der Waals surface area contributed by atoms with Gasteiger partial charge in [0.1, 0.15) is 6.04 Å². The SMILES string of the molecule is [2H]CN[C@@H](Cc1ccccc1)C(=O)N1CCC[C@H]1C(=O)NC(Cc1c[nH]c2ccccc12)C(=O)C(F)(F)C(F)(F)F.